The van der Waals surface area contributed by atoms with Gasteiger partial charge in [0.2, 0.25) is 15.9 Å². The first-order chi connectivity index (χ1) is 12.5. The van der Waals surface area contributed by atoms with E-state index in [0.717, 1.165) is 11.8 Å². The van der Waals surface area contributed by atoms with Gasteiger partial charge >= 0.3 is 0 Å². The molecule has 0 saturated carbocycles. The van der Waals surface area contributed by atoms with Crippen molar-refractivity contribution in [1.29, 1.82) is 0 Å². The second-order valence-corrected chi connectivity index (χ2v) is 8.57. The molecule has 0 spiro atoms. The maximum atomic E-state index is 14.1. The van der Waals surface area contributed by atoms with Crippen LogP contribution >= 0.6 is 0 Å². The molecule has 2 rings (SSSR count). The van der Waals surface area contributed by atoms with Crippen molar-refractivity contribution >= 4 is 21.6 Å². The molecule has 2 aromatic carbocycles. The number of amides is 1. The van der Waals surface area contributed by atoms with E-state index in [0.29, 0.717) is 18.4 Å². The number of benzene rings is 2. The summed E-state index contributed by atoms with van der Waals surface area (Å²) in [6.07, 6.45) is 1.92. The zero-order valence-electron chi connectivity index (χ0n) is 16.0. The van der Waals surface area contributed by atoms with Crippen molar-refractivity contribution in [3.63, 3.8) is 0 Å². The molecule has 0 aromatic heterocycles. The van der Waals surface area contributed by atoms with Crippen LogP contribution in [0.5, 0.6) is 0 Å². The van der Waals surface area contributed by atoms with Crippen molar-refractivity contribution in [3.05, 3.63) is 64.5 Å². The Balaban J connectivity index is 1.95. The number of aryl methyl sites for hydroxylation is 3. The van der Waals surface area contributed by atoms with Crippen LogP contribution in [-0.2, 0) is 21.2 Å². The molecule has 1 amide bonds. The molecular formula is C20H25FN2O3S. The van der Waals surface area contributed by atoms with Crippen LogP contribution in [0.1, 0.15) is 41.6 Å². The largest absolute Gasteiger partial charge is 0.350 e. The maximum Gasteiger partial charge on any atom is 0.229 e. The minimum absolute atomic E-state index is 0.116. The van der Waals surface area contributed by atoms with Gasteiger partial charge in [-0.1, -0.05) is 24.3 Å². The Morgan fingerprint density at radius 2 is 1.81 bits per heavy atom. The molecule has 2 aromatic rings. The van der Waals surface area contributed by atoms with Gasteiger partial charge in [0.25, 0.3) is 0 Å². The summed E-state index contributed by atoms with van der Waals surface area (Å²) in [6, 6.07) is 9.91. The van der Waals surface area contributed by atoms with Crippen LogP contribution in [0.3, 0.4) is 0 Å². The maximum absolute atomic E-state index is 14.1. The number of nitrogens with one attached hydrogen (secondary N) is 2. The standard InChI is InChI=1S/C20H25FN2O3S/c1-13-5-6-16(11-14(13)2)7-10-20(24)22-15(3)17-8-9-19(18(21)12-17)23-27(4,25)26/h5-6,8-9,11-12,15,23H,7,10H2,1-4H3,(H,22,24). The lowest BCUT2D eigenvalue weighted by atomic mass is 10.0. The average Bonchev–Trinajstić information content (AvgIpc) is 2.56. The van der Waals surface area contributed by atoms with Crippen molar-refractivity contribution in [1.82, 2.24) is 5.32 Å². The molecule has 0 aliphatic carbocycles. The summed E-state index contributed by atoms with van der Waals surface area (Å²) < 4.78 is 38.6. The molecule has 146 valence electrons. The molecule has 0 radical (unpaired) electrons. The van der Waals surface area contributed by atoms with Gasteiger partial charge in [-0.2, -0.15) is 0 Å². The molecule has 27 heavy (non-hydrogen) atoms. The van der Waals surface area contributed by atoms with E-state index < -0.39 is 15.8 Å². The fraction of sp³-hybridized carbons (Fsp3) is 0.350. The Morgan fingerprint density at radius 1 is 1.11 bits per heavy atom. The summed E-state index contributed by atoms with van der Waals surface area (Å²) in [7, 11) is -3.55. The van der Waals surface area contributed by atoms with Gasteiger partial charge < -0.3 is 5.32 Å². The Morgan fingerprint density at radius 3 is 2.41 bits per heavy atom. The fourth-order valence-corrected chi connectivity index (χ4v) is 3.26. The van der Waals surface area contributed by atoms with Crippen LogP contribution in [0.15, 0.2) is 36.4 Å². The highest BCUT2D eigenvalue weighted by atomic mass is 32.2. The van der Waals surface area contributed by atoms with Gasteiger partial charge in [-0.15, -0.1) is 0 Å². The summed E-state index contributed by atoms with van der Waals surface area (Å²) in [5, 5.41) is 2.84. The second-order valence-electron chi connectivity index (χ2n) is 6.82. The van der Waals surface area contributed by atoms with E-state index in [1.165, 1.54) is 23.3 Å². The van der Waals surface area contributed by atoms with E-state index in [2.05, 4.69) is 16.1 Å². The summed E-state index contributed by atoms with van der Waals surface area (Å²) in [6.45, 7) is 5.84. The zero-order chi connectivity index (χ0) is 20.2. The molecular weight excluding hydrogens is 367 g/mol. The highest BCUT2D eigenvalue weighted by molar-refractivity contribution is 7.92. The minimum atomic E-state index is -3.55. The topological polar surface area (TPSA) is 75.3 Å². The Kier molecular flexibility index (Phi) is 6.59. The first kappa shape index (κ1) is 20.9. The minimum Gasteiger partial charge on any atom is -0.350 e. The molecule has 0 bridgehead atoms. The third-order valence-corrected chi connectivity index (χ3v) is 4.97. The van der Waals surface area contributed by atoms with Crippen LogP contribution in [0.2, 0.25) is 0 Å². The van der Waals surface area contributed by atoms with Gasteiger partial charge in [0, 0.05) is 6.42 Å². The molecule has 0 heterocycles. The SMILES string of the molecule is Cc1ccc(CCC(=O)NC(C)c2ccc(NS(C)(=O)=O)c(F)c2)cc1C. The monoisotopic (exact) mass is 392 g/mol. The molecule has 5 nitrogen and oxygen atoms in total. The Labute approximate surface area is 160 Å². The molecule has 0 saturated heterocycles. The molecule has 2 N–H and O–H groups in total. The fourth-order valence-electron chi connectivity index (χ4n) is 2.70. The first-order valence-electron chi connectivity index (χ1n) is 8.68. The molecule has 0 aliphatic rings. The number of anilines is 1. The molecule has 0 fully saturated rings. The van der Waals surface area contributed by atoms with Crippen LogP contribution in [0.4, 0.5) is 10.1 Å². The zero-order valence-corrected chi connectivity index (χ0v) is 16.8. The Bertz CT molecular complexity index is 942. The number of hydrogen-bond acceptors (Lipinski definition) is 3. The van der Waals surface area contributed by atoms with E-state index in [1.54, 1.807) is 13.0 Å². The van der Waals surface area contributed by atoms with Gasteiger partial charge in [-0.3, -0.25) is 9.52 Å². The number of halogens is 1. The molecule has 1 atom stereocenters. The summed E-state index contributed by atoms with van der Waals surface area (Å²) in [5.74, 6) is -0.811. The highest BCUT2D eigenvalue weighted by Crippen LogP contribution is 2.21. The van der Waals surface area contributed by atoms with Gasteiger partial charge in [0.1, 0.15) is 5.82 Å². The van der Waals surface area contributed by atoms with Crippen molar-refractivity contribution < 1.29 is 17.6 Å². The summed E-state index contributed by atoms with van der Waals surface area (Å²) >= 11 is 0. The lowest BCUT2D eigenvalue weighted by Gasteiger charge is -2.16. The van der Waals surface area contributed by atoms with E-state index >= 15 is 0 Å². The van der Waals surface area contributed by atoms with Crippen molar-refractivity contribution in [2.75, 3.05) is 11.0 Å². The Hall–Kier alpha value is -2.41. The highest BCUT2D eigenvalue weighted by Gasteiger charge is 2.14. The average molecular weight is 392 g/mol. The number of rotatable bonds is 7. The second kappa shape index (κ2) is 8.52. The smallest absolute Gasteiger partial charge is 0.229 e. The van der Waals surface area contributed by atoms with Crippen molar-refractivity contribution in [2.45, 2.75) is 39.7 Å². The number of sulfonamides is 1. The number of carbonyl (C=O) groups excluding carboxylic acids is 1. The van der Waals surface area contributed by atoms with E-state index in [9.17, 15) is 17.6 Å². The normalized spacial score (nSPS) is 12.5. The van der Waals surface area contributed by atoms with Crippen LogP contribution < -0.4 is 10.0 Å². The lowest BCUT2D eigenvalue weighted by molar-refractivity contribution is -0.121. The van der Waals surface area contributed by atoms with Crippen LogP contribution in [0.25, 0.3) is 0 Å². The van der Waals surface area contributed by atoms with Gasteiger partial charge in [0.15, 0.2) is 0 Å². The van der Waals surface area contributed by atoms with Crippen LogP contribution in [0, 0.1) is 19.7 Å². The van der Waals surface area contributed by atoms with Crippen LogP contribution in [-0.4, -0.2) is 20.6 Å². The van der Waals surface area contributed by atoms with Gasteiger partial charge in [-0.05, 0) is 61.6 Å². The number of hydrogen-bond donors (Lipinski definition) is 2. The predicted octanol–water partition coefficient (Wildman–Crippen LogP) is 3.62. The molecule has 0 aliphatic heterocycles. The third kappa shape index (κ3) is 6.36. The van der Waals surface area contributed by atoms with Gasteiger partial charge in [0.05, 0.1) is 18.0 Å². The van der Waals surface area contributed by atoms with E-state index in [4.69, 9.17) is 0 Å². The summed E-state index contributed by atoms with van der Waals surface area (Å²) in [4.78, 5) is 12.2. The van der Waals surface area contributed by atoms with Crippen molar-refractivity contribution in [3.8, 4) is 0 Å². The third-order valence-electron chi connectivity index (χ3n) is 4.38. The van der Waals surface area contributed by atoms with E-state index in [1.807, 2.05) is 26.0 Å². The molecule has 7 heteroatoms. The van der Waals surface area contributed by atoms with Crippen molar-refractivity contribution in [2.24, 2.45) is 0 Å². The molecule has 1 unspecified atom stereocenters. The lowest BCUT2D eigenvalue weighted by Crippen LogP contribution is -2.27. The number of carbonyl (C=O) groups is 1. The predicted molar refractivity (Wildman–Crippen MR) is 106 cm³/mol. The van der Waals surface area contributed by atoms with E-state index in [-0.39, 0.29) is 17.6 Å². The quantitative estimate of drug-likeness (QED) is 0.756. The first-order valence-corrected chi connectivity index (χ1v) is 10.6. The van der Waals surface area contributed by atoms with Gasteiger partial charge in [-0.25, -0.2) is 12.8 Å². The summed E-state index contributed by atoms with van der Waals surface area (Å²) in [5.41, 5.74) is 3.95.